The molecule has 18 heavy (non-hydrogen) atoms. The van der Waals surface area contributed by atoms with E-state index < -0.39 is 6.10 Å². The molecule has 0 aliphatic carbocycles. The van der Waals surface area contributed by atoms with Crippen molar-refractivity contribution in [2.75, 3.05) is 20.7 Å². The van der Waals surface area contributed by atoms with Gasteiger partial charge in [0.1, 0.15) is 5.75 Å². The van der Waals surface area contributed by atoms with Crippen LogP contribution in [0.3, 0.4) is 0 Å². The number of ether oxygens (including phenoxy) is 1. The van der Waals surface area contributed by atoms with Gasteiger partial charge in [-0.25, -0.2) is 0 Å². The van der Waals surface area contributed by atoms with Crippen molar-refractivity contribution < 1.29 is 14.6 Å². The Labute approximate surface area is 108 Å². The molecule has 0 aliphatic rings. The van der Waals surface area contributed by atoms with E-state index in [0.29, 0.717) is 25.2 Å². The van der Waals surface area contributed by atoms with Crippen molar-refractivity contribution in [3.05, 3.63) is 29.8 Å². The van der Waals surface area contributed by atoms with Gasteiger partial charge in [-0.3, -0.25) is 4.79 Å². The van der Waals surface area contributed by atoms with Gasteiger partial charge >= 0.3 is 0 Å². The molecule has 1 N–H and O–H groups in total. The van der Waals surface area contributed by atoms with E-state index >= 15 is 0 Å². The average Bonchev–Trinajstić information content (AvgIpc) is 2.38. The SMILES string of the molecule is CC[C@H](O)c1ccc(OCCC(=O)N(C)C)cc1. The van der Waals surface area contributed by atoms with Crippen molar-refractivity contribution in [1.82, 2.24) is 4.90 Å². The van der Waals surface area contributed by atoms with Gasteiger partial charge in [0.25, 0.3) is 0 Å². The average molecular weight is 251 g/mol. The van der Waals surface area contributed by atoms with Crippen molar-refractivity contribution in [1.29, 1.82) is 0 Å². The fourth-order valence-corrected chi connectivity index (χ4v) is 1.50. The van der Waals surface area contributed by atoms with E-state index in [0.717, 1.165) is 5.56 Å². The molecule has 0 spiro atoms. The molecule has 1 atom stereocenters. The number of aliphatic hydroxyl groups excluding tert-OH is 1. The zero-order valence-corrected chi connectivity index (χ0v) is 11.2. The Bertz CT molecular complexity index is 373. The first kappa shape index (κ1) is 14.5. The quantitative estimate of drug-likeness (QED) is 0.841. The summed E-state index contributed by atoms with van der Waals surface area (Å²) in [6.07, 6.45) is 0.638. The molecule has 0 saturated heterocycles. The number of carbonyl (C=O) groups is 1. The molecule has 1 rings (SSSR count). The van der Waals surface area contributed by atoms with Gasteiger partial charge in [0.2, 0.25) is 5.91 Å². The predicted octanol–water partition coefficient (Wildman–Crippen LogP) is 1.99. The third-order valence-corrected chi connectivity index (χ3v) is 2.74. The zero-order chi connectivity index (χ0) is 13.5. The molecule has 1 aromatic carbocycles. The molecule has 4 heteroatoms. The summed E-state index contributed by atoms with van der Waals surface area (Å²) in [6.45, 7) is 2.30. The number of amides is 1. The number of hydrogen-bond donors (Lipinski definition) is 1. The minimum absolute atomic E-state index is 0.0491. The van der Waals surface area contributed by atoms with Crippen molar-refractivity contribution in [2.24, 2.45) is 0 Å². The molecule has 0 radical (unpaired) electrons. The van der Waals surface area contributed by atoms with Gasteiger partial charge in [0.15, 0.2) is 0 Å². The second-order valence-electron chi connectivity index (χ2n) is 4.38. The van der Waals surface area contributed by atoms with Crippen LogP contribution >= 0.6 is 0 Å². The first-order valence-corrected chi connectivity index (χ1v) is 6.15. The van der Waals surface area contributed by atoms with Gasteiger partial charge in [-0.1, -0.05) is 19.1 Å². The fourth-order valence-electron chi connectivity index (χ4n) is 1.50. The highest BCUT2D eigenvalue weighted by Gasteiger charge is 2.06. The smallest absolute Gasteiger partial charge is 0.225 e. The lowest BCUT2D eigenvalue weighted by atomic mass is 10.1. The minimum Gasteiger partial charge on any atom is -0.493 e. The number of carbonyl (C=O) groups excluding carboxylic acids is 1. The topological polar surface area (TPSA) is 49.8 Å². The van der Waals surface area contributed by atoms with Gasteiger partial charge < -0.3 is 14.7 Å². The van der Waals surface area contributed by atoms with E-state index in [1.54, 1.807) is 19.0 Å². The third-order valence-electron chi connectivity index (χ3n) is 2.74. The molecule has 0 aromatic heterocycles. The van der Waals surface area contributed by atoms with Crippen LogP contribution in [0, 0.1) is 0 Å². The third kappa shape index (κ3) is 4.37. The molecular formula is C14H21NO3. The van der Waals surface area contributed by atoms with E-state index in [1.165, 1.54) is 0 Å². The lowest BCUT2D eigenvalue weighted by Gasteiger charge is -2.12. The molecule has 1 aromatic rings. The van der Waals surface area contributed by atoms with Gasteiger partial charge in [0.05, 0.1) is 19.1 Å². The van der Waals surface area contributed by atoms with E-state index in [9.17, 15) is 9.90 Å². The Morgan fingerprint density at radius 1 is 1.33 bits per heavy atom. The summed E-state index contributed by atoms with van der Waals surface area (Å²) in [4.78, 5) is 12.9. The fraction of sp³-hybridized carbons (Fsp3) is 0.500. The van der Waals surface area contributed by atoms with E-state index in [4.69, 9.17) is 4.74 Å². The highest BCUT2D eigenvalue weighted by atomic mass is 16.5. The van der Waals surface area contributed by atoms with Gasteiger partial charge in [0, 0.05) is 14.1 Å². The monoisotopic (exact) mass is 251 g/mol. The molecule has 0 heterocycles. The van der Waals surface area contributed by atoms with Crippen molar-refractivity contribution in [3.8, 4) is 5.75 Å². The number of aliphatic hydroxyl groups is 1. The molecule has 4 nitrogen and oxygen atoms in total. The number of rotatable bonds is 6. The summed E-state index contributed by atoms with van der Waals surface area (Å²) in [5, 5.41) is 9.64. The zero-order valence-electron chi connectivity index (χ0n) is 11.2. The van der Waals surface area contributed by atoms with Crippen LogP contribution in [0.5, 0.6) is 5.75 Å². The van der Waals surface area contributed by atoms with Gasteiger partial charge in [-0.15, -0.1) is 0 Å². The summed E-state index contributed by atoms with van der Waals surface area (Å²) in [5.41, 5.74) is 0.884. The second kappa shape index (κ2) is 7.01. The highest BCUT2D eigenvalue weighted by Crippen LogP contribution is 2.19. The maximum Gasteiger partial charge on any atom is 0.225 e. The second-order valence-corrected chi connectivity index (χ2v) is 4.38. The summed E-state index contributed by atoms with van der Waals surface area (Å²) in [7, 11) is 3.45. The largest absolute Gasteiger partial charge is 0.493 e. The van der Waals surface area contributed by atoms with Gasteiger partial charge in [-0.05, 0) is 24.1 Å². The van der Waals surface area contributed by atoms with Crippen LogP contribution in [0.4, 0.5) is 0 Å². The molecule has 0 bridgehead atoms. The van der Waals surface area contributed by atoms with Crippen LogP contribution in [0.1, 0.15) is 31.4 Å². The lowest BCUT2D eigenvalue weighted by molar-refractivity contribution is -0.129. The standard InChI is InChI=1S/C14H21NO3/c1-4-13(16)11-5-7-12(8-6-11)18-10-9-14(17)15(2)3/h5-8,13,16H,4,9-10H2,1-3H3/t13-/m0/s1. The summed E-state index contributed by atoms with van der Waals surface area (Å²) < 4.78 is 5.47. The summed E-state index contributed by atoms with van der Waals surface area (Å²) in [6, 6.07) is 7.32. The van der Waals surface area contributed by atoms with Gasteiger partial charge in [-0.2, -0.15) is 0 Å². The van der Waals surface area contributed by atoms with Crippen LogP contribution < -0.4 is 4.74 Å². The maximum atomic E-state index is 11.3. The molecule has 0 unspecified atom stereocenters. The van der Waals surface area contributed by atoms with E-state index in [-0.39, 0.29) is 5.91 Å². The van der Waals surface area contributed by atoms with Crippen LogP contribution in [0.15, 0.2) is 24.3 Å². The Morgan fingerprint density at radius 2 is 1.94 bits per heavy atom. The van der Waals surface area contributed by atoms with Crippen LogP contribution in [-0.2, 0) is 4.79 Å². The molecule has 1 amide bonds. The molecular weight excluding hydrogens is 230 g/mol. The normalized spacial score (nSPS) is 12.0. The molecule has 100 valence electrons. The minimum atomic E-state index is -0.422. The number of nitrogens with zero attached hydrogens (tertiary/aromatic N) is 1. The number of hydrogen-bond acceptors (Lipinski definition) is 3. The van der Waals surface area contributed by atoms with Crippen LogP contribution in [0.25, 0.3) is 0 Å². The summed E-state index contributed by atoms with van der Waals surface area (Å²) >= 11 is 0. The maximum absolute atomic E-state index is 11.3. The predicted molar refractivity (Wildman–Crippen MR) is 70.5 cm³/mol. The number of benzene rings is 1. The van der Waals surface area contributed by atoms with Crippen LogP contribution in [-0.4, -0.2) is 36.6 Å². The van der Waals surface area contributed by atoms with Crippen LogP contribution in [0.2, 0.25) is 0 Å². The Hall–Kier alpha value is -1.55. The Morgan fingerprint density at radius 3 is 2.44 bits per heavy atom. The first-order valence-electron chi connectivity index (χ1n) is 6.15. The molecule has 0 fully saturated rings. The van der Waals surface area contributed by atoms with Crippen molar-refractivity contribution in [3.63, 3.8) is 0 Å². The first-order chi connectivity index (χ1) is 8.54. The van der Waals surface area contributed by atoms with E-state index in [2.05, 4.69) is 0 Å². The van der Waals surface area contributed by atoms with E-state index in [1.807, 2.05) is 31.2 Å². The molecule has 0 saturated carbocycles. The Balaban J connectivity index is 2.42. The van der Waals surface area contributed by atoms with Crippen molar-refractivity contribution >= 4 is 5.91 Å². The summed E-state index contributed by atoms with van der Waals surface area (Å²) in [5.74, 6) is 0.765. The van der Waals surface area contributed by atoms with Crippen molar-refractivity contribution in [2.45, 2.75) is 25.9 Å². The molecule has 0 aliphatic heterocycles. The highest BCUT2D eigenvalue weighted by molar-refractivity contribution is 5.75. The lowest BCUT2D eigenvalue weighted by Crippen LogP contribution is -2.23. The Kier molecular flexibility index (Phi) is 5.65.